The van der Waals surface area contributed by atoms with Crippen LogP contribution in [0.15, 0.2) is 30.3 Å². The van der Waals surface area contributed by atoms with Crippen LogP contribution in [0.2, 0.25) is 0 Å². The molecule has 1 aromatic carbocycles. The van der Waals surface area contributed by atoms with E-state index in [1.54, 1.807) is 0 Å². The first-order chi connectivity index (χ1) is 11.2. The van der Waals surface area contributed by atoms with Gasteiger partial charge in [-0.3, -0.25) is 4.90 Å². The van der Waals surface area contributed by atoms with E-state index in [0.29, 0.717) is 12.8 Å². The molecule has 0 saturated carbocycles. The fraction of sp³-hybridized carbons (Fsp3) is 0.500. The zero-order valence-electron chi connectivity index (χ0n) is 13.3. The zero-order chi connectivity index (χ0) is 16.7. The summed E-state index contributed by atoms with van der Waals surface area (Å²) in [7, 11) is 3.04. The van der Waals surface area contributed by atoms with Crippen molar-refractivity contribution in [2.45, 2.75) is 31.8 Å². The molecule has 23 heavy (non-hydrogen) atoms. The fourth-order valence-electron chi connectivity index (χ4n) is 2.33. The average molecular weight is 323 g/mol. The van der Waals surface area contributed by atoms with Crippen molar-refractivity contribution >= 4 is 12.1 Å². The first-order valence-corrected chi connectivity index (χ1v) is 7.35. The lowest BCUT2D eigenvalue weighted by atomic mass is 10.1. The maximum atomic E-state index is 12.2. The Hall–Kier alpha value is -2.12. The summed E-state index contributed by atoms with van der Waals surface area (Å²) in [6.45, 7) is 0.0532. The molecule has 0 aliphatic carbocycles. The number of carbonyl (C=O) groups is 2. The third-order valence-electron chi connectivity index (χ3n) is 3.64. The molecule has 1 saturated heterocycles. The van der Waals surface area contributed by atoms with E-state index in [-0.39, 0.29) is 13.3 Å². The van der Waals surface area contributed by atoms with Crippen molar-refractivity contribution in [2.24, 2.45) is 0 Å². The second kappa shape index (κ2) is 8.50. The van der Waals surface area contributed by atoms with E-state index in [0.717, 1.165) is 5.56 Å². The van der Waals surface area contributed by atoms with Crippen LogP contribution in [0.25, 0.3) is 0 Å². The van der Waals surface area contributed by atoms with E-state index in [4.69, 9.17) is 18.9 Å². The van der Waals surface area contributed by atoms with Crippen LogP contribution in [0.5, 0.6) is 0 Å². The maximum absolute atomic E-state index is 12.2. The van der Waals surface area contributed by atoms with Crippen molar-refractivity contribution in [2.75, 3.05) is 21.0 Å². The lowest BCUT2D eigenvalue weighted by Gasteiger charge is -2.21. The Labute approximate surface area is 135 Å². The van der Waals surface area contributed by atoms with Gasteiger partial charge in [-0.15, -0.1) is 0 Å². The summed E-state index contributed by atoms with van der Waals surface area (Å²) in [5.41, 5.74) is 0.877. The quantitative estimate of drug-likeness (QED) is 0.564. The van der Waals surface area contributed by atoms with Crippen LogP contribution in [0.1, 0.15) is 18.4 Å². The highest BCUT2D eigenvalue weighted by molar-refractivity contribution is 5.83. The monoisotopic (exact) mass is 323 g/mol. The molecular weight excluding hydrogens is 302 g/mol. The molecule has 0 radical (unpaired) electrons. The first kappa shape index (κ1) is 17.2. The number of nitrogens with zero attached hydrogens (tertiary/aromatic N) is 1. The molecule has 0 spiro atoms. The van der Waals surface area contributed by atoms with Crippen LogP contribution in [-0.2, 0) is 30.3 Å². The van der Waals surface area contributed by atoms with Crippen molar-refractivity contribution in [3.8, 4) is 0 Å². The van der Waals surface area contributed by atoms with Gasteiger partial charge < -0.3 is 18.9 Å². The summed E-state index contributed by atoms with van der Waals surface area (Å²) in [4.78, 5) is 25.3. The summed E-state index contributed by atoms with van der Waals surface area (Å²) in [6, 6.07) is 8.66. The molecule has 1 fully saturated rings. The van der Waals surface area contributed by atoms with E-state index in [1.165, 1.54) is 19.1 Å². The number of hydrogen-bond donors (Lipinski definition) is 0. The Balaban J connectivity index is 1.88. The number of ether oxygens (including phenoxy) is 4. The molecule has 1 heterocycles. The third-order valence-corrected chi connectivity index (χ3v) is 3.64. The summed E-state index contributed by atoms with van der Waals surface area (Å²) in [5, 5.41) is 0. The molecule has 0 aromatic heterocycles. The Bertz CT molecular complexity index is 517. The van der Waals surface area contributed by atoms with Crippen molar-refractivity contribution in [3.63, 3.8) is 0 Å². The Morgan fingerprint density at radius 1 is 1.30 bits per heavy atom. The van der Waals surface area contributed by atoms with E-state index < -0.39 is 24.4 Å². The van der Waals surface area contributed by atoms with Crippen molar-refractivity contribution in [1.82, 2.24) is 4.90 Å². The largest absolute Gasteiger partial charge is 0.444 e. The van der Waals surface area contributed by atoms with Crippen molar-refractivity contribution < 1.29 is 28.5 Å². The lowest BCUT2D eigenvalue weighted by Crippen LogP contribution is -2.39. The number of esters is 1. The number of methoxy groups -OCH3 is 2. The SMILES string of the molecule is COC(CC[C@H]1C(=O)OCN1C(=O)OCc1ccccc1)OC. The average Bonchev–Trinajstić information content (AvgIpc) is 2.95. The zero-order valence-corrected chi connectivity index (χ0v) is 13.3. The summed E-state index contributed by atoms with van der Waals surface area (Å²) >= 11 is 0. The molecule has 126 valence electrons. The van der Waals surface area contributed by atoms with Gasteiger partial charge >= 0.3 is 12.1 Å². The van der Waals surface area contributed by atoms with Crippen LogP contribution in [0, 0.1) is 0 Å². The molecule has 2 rings (SSSR count). The lowest BCUT2D eigenvalue weighted by molar-refractivity contribution is -0.140. The second-order valence-corrected chi connectivity index (χ2v) is 5.10. The minimum absolute atomic E-state index is 0.0955. The van der Waals surface area contributed by atoms with Gasteiger partial charge in [0, 0.05) is 20.6 Å². The summed E-state index contributed by atoms with van der Waals surface area (Å²) in [6.07, 6.45) is -0.150. The van der Waals surface area contributed by atoms with Gasteiger partial charge in [0.05, 0.1) is 0 Å². The number of benzene rings is 1. The highest BCUT2D eigenvalue weighted by atomic mass is 16.7. The number of cyclic esters (lactones) is 1. The van der Waals surface area contributed by atoms with Gasteiger partial charge in [0.2, 0.25) is 0 Å². The topological polar surface area (TPSA) is 74.3 Å². The highest BCUT2D eigenvalue weighted by Gasteiger charge is 2.38. The Morgan fingerprint density at radius 2 is 2.00 bits per heavy atom. The van der Waals surface area contributed by atoms with E-state index in [9.17, 15) is 9.59 Å². The number of carbonyl (C=O) groups excluding carboxylic acids is 2. The van der Waals surface area contributed by atoms with Crippen LogP contribution >= 0.6 is 0 Å². The number of hydrogen-bond acceptors (Lipinski definition) is 6. The number of amides is 1. The third kappa shape index (κ3) is 4.67. The Kier molecular flexibility index (Phi) is 6.37. The molecule has 1 aromatic rings. The highest BCUT2D eigenvalue weighted by Crippen LogP contribution is 2.19. The number of rotatable bonds is 7. The minimum atomic E-state index is -0.675. The van der Waals surface area contributed by atoms with Crippen LogP contribution < -0.4 is 0 Å². The molecule has 0 N–H and O–H groups in total. The van der Waals surface area contributed by atoms with E-state index >= 15 is 0 Å². The minimum Gasteiger partial charge on any atom is -0.444 e. The predicted molar refractivity (Wildman–Crippen MR) is 80.3 cm³/mol. The molecule has 0 unspecified atom stereocenters. The van der Waals surface area contributed by atoms with Gasteiger partial charge in [-0.25, -0.2) is 9.59 Å². The van der Waals surface area contributed by atoms with Crippen LogP contribution in [0.3, 0.4) is 0 Å². The molecule has 1 aliphatic heterocycles. The molecule has 0 bridgehead atoms. The van der Waals surface area contributed by atoms with Crippen LogP contribution in [-0.4, -0.2) is 50.2 Å². The molecular formula is C16H21NO6. The van der Waals surface area contributed by atoms with Gasteiger partial charge in [0.15, 0.2) is 13.0 Å². The van der Waals surface area contributed by atoms with Gasteiger partial charge in [0.25, 0.3) is 0 Å². The second-order valence-electron chi connectivity index (χ2n) is 5.10. The van der Waals surface area contributed by atoms with Crippen molar-refractivity contribution in [1.29, 1.82) is 0 Å². The molecule has 1 amide bonds. The van der Waals surface area contributed by atoms with E-state index in [1.807, 2.05) is 30.3 Å². The van der Waals surface area contributed by atoms with Gasteiger partial charge in [-0.05, 0) is 12.0 Å². The fourth-order valence-corrected chi connectivity index (χ4v) is 2.33. The molecule has 7 nitrogen and oxygen atoms in total. The summed E-state index contributed by atoms with van der Waals surface area (Å²) in [5.74, 6) is -0.437. The summed E-state index contributed by atoms with van der Waals surface area (Å²) < 4.78 is 20.4. The maximum Gasteiger partial charge on any atom is 0.413 e. The standard InChI is InChI=1S/C16H21NO6/c1-20-14(21-2)9-8-13-15(18)23-11-17(13)16(19)22-10-12-6-4-3-5-7-12/h3-7,13-14H,8-11H2,1-2H3/t13-/m0/s1. The normalized spacial score (nSPS) is 17.4. The molecule has 7 heteroatoms. The molecule has 1 atom stereocenters. The van der Waals surface area contributed by atoms with Gasteiger partial charge in [-0.1, -0.05) is 30.3 Å². The van der Waals surface area contributed by atoms with Gasteiger partial charge in [0.1, 0.15) is 12.6 Å². The van der Waals surface area contributed by atoms with Crippen LogP contribution in [0.4, 0.5) is 4.79 Å². The van der Waals surface area contributed by atoms with Gasteiger partial charge in [-0.2, -0.15) is 0 Å². The first-order valence-electron chi connectivity index (χ1n) is 7.35. The molecule has 1 aliphatic rings. The van der Waals surface area contributed by atoms with Crippen molar-refractivity contribution in [3.05, 3.63) is 35.9 Å². The van der Waals surface area contributed by atoms with E-state index in [2.05, 4.69) is 0 Å². The predicted octanol–water partition coefficient (Wildman–Crippen LogP) is 1.91. The Morgan fingerprint density at radius 3 is 2.65 bits per heavy atom. The smallest absolute Gasteiger partial charge is 0.413 e.